The zero-order valence-corrected chi connectivity index (χ0v) is 16.1. The summed E-state index contributed by atoms with van der Waals surface area (Å²) in [6, 6.07) is 6.14. The molecule has 152 valence electrons. The summed E-state index contributed by atoms with van der Waals surface area (Å²) in [5, 5.41) is 2.81. The highest BCUT2D eigenvalue weighted by atomic mass is 16.5. The lowest BCUT2D eigenvalue weighted by Gasteiger charge is -2.34. The van der Waals surface area contributed by atoms with Gasteiger partial charge in [-0.15, -0.1) is 0 Å². The summed E-state index contributed by atoms with van der Waals surface area (Å²) in [6.07, 6.45) is 3.21. The maximum Gasteiger partial charge on any atom is 0.328 e. The second kappa shape index (κ2) is 8.70. The fourth-order valence-electron chi connectivity index (χ4n) is 3.67. The molecule has 1 aromatic carbocycles. The minimum atomic E-state index is -0.971. The van der Waals surface area contributed by atoms with Crippen molar-refractivity contribution in [3.8, 4) is 0 Å². The van der Waals surface area contributed by atoms with E-state index in [0.29, 0.717) is 50.3 Å². The van der Waals surface area contributed by atoms with Gasteiger partial charge in [0.1, 0.15) is 11.6 Å². The Morgan fingerprint density at radius 2 is 2.00 bits per heavy atom. The first kappa shape index (κ1) is 20.3. The van der Waals surface area contributed by atoms with E-state index in [4.69, 9.17) is 15.2 Å². The van der Waals surface area contributed by atoms with Crippen molar-refractivity contribution in [2.75, 3.05) is 32.2 Å². The molecule has 0 saturated carbocycles. The van der Waals surface area contributed by atoms with E-state index in [-0.39, 0.29) is 11.8 Å². The first-order chi connectivity index (χ1) is 13.4. The monoisotopic (exact) mass is 389 g/mol. The van der Waals surface area contributed by atoms with Crippen LogP contribution in [0.1, 0.15) is 42.5 Å². The van der Waals surface area contributed by atoms with Crippen LogP contribution in [0.15, 0.2) is 24.3 Å². The Bertz CT molecular complexity index is 745. The van der Waals surface area contributed by atoms with Crippen LogP contribution in [0.4, 0.5) is 5.69 Å². The molecule has 2 saturated heterocycles. The Labute approximate surface area is 164 Å². The van der Waals surface area contributed by atoms with Crippen LogP contribution in [0, 0.1) is 0 Å². The SMILES string of the molecule is COC(=O)C1CCCCN1C(=O)c1cccc(NC(=O)C2(N)CCOCC2)c1. The quantitative estimate of drug-likeness (QED) is 0.751. The Hall–Kier alpha value is -2.45. The van der Waals surface area contributed by atoms with Crippen LogP contribution in [0.3, 0.4) is 0 Å². The number of benzene rings is 1. The second-order valence-electron chi connectivity index (χ2n) is 7.34. The third-order valence-electron chi connectivity index (χ3n) is 5.44. The van der Waals surface area contributed by atoms with Crippen LogP contribution in [-0.4, -0.2) is 61.1 Å². The molecule has 28 heavy (non-hydrogen) atoms. The third kappa shape index (κ3) is 4.34. The number of methoxy groups -OCH3 is 1. The van der Waals surface area contributed by atoms with Crippen molar-refractivity contribution in [3.05, 3.63) is 29.8 Å². The predicted molar refractivity (Wildman–Crippen MR) is 103 cm³/mol. The molecule has 1 aromatic rings. The van der Waals surface area contributed by atoms with Gasteiger partial charge in [0, 0.05) is 31.0 Å². The highest BCUT2D eigenvalue weighted by Gasteiger charge is 2.36. The van der Waals surface area contributed by atoms with Crippen LogP contribution in [0.2, 0.25) is 0 Å². The lowest BCUT2D eigenvalue weighted by molar-refractivity contribution is -0.147. The lowest BCUT2D eigenvalue weighted by atomic mass is 9.90. The fraction of sp³-hybridized carbons (Fsp3) is 0.550. The summed E-state index contributed by atoms with van der Waals surface area (Å²) >= 11 is 0. The summed E-state index contributed by atoms with van der Waals surface area (Å²) in [4.78, 5) is 39.2. The molecule has 0 spiro atoms. The molecule has 2 heterocycles. The van der Waals surface area contributed by atoms with E-state index in [1.54, 1.807) is 29.2 Å². The predicted octanol–water partition coefficient (Wildman–Crippen LogP) is 1.30. The molecule has 0 bridgehead atoms. The molecule has 0 radical (unpaired) electrons. The summed E-state index contributed by atoms with van der Waals surface area (Å²) in [5.41, 5.74) is 6.15. The maximum atomic E-state index is 13.0. The second-order valence-corrected chi connectivity index (χ2v) is 7.34. The molecule has 2 fully saturated rings. The van der Waals surface area contributed by atoms with E-state index < -0.39 is 17.6 Å². The number of hydrogen-bond acceptors (Lipinski definition) is 6. The topological polar surface area (TPSA) is 111 Å². The van der Waals surface area contributed by atoms with E-state index in [0.717, 1.165) is 12.8 Å². The molecule has 0 aliphatic carbocycles. The van der Waals surface area contributed by atoms with Crippen LogP contribution in [0.25, 0.3) is 0 Å². The minimum Gasteiger partial charge on any atom is -0.467 e. The Morgan fingerprint density at radius 3 is 2.71 bits per heavy atom. The zero-order chi connectivity index (χ0) is 20.1. The Morgan fingerprint density at radius 1 is 1.25 bits per heavy atom. The standard InChI is InChI=1S/C20H27N3O5/c1-27-18(25)16-7-2-3-10-23(16)17(24)14-5-4-6-15(13-14)22-19(26)20(21)8-11-28-12-9-20/h4-6,13,16H,2-3,7-12,21H2,1H3,(H,22,26). The Kier molecular flexibility index (Phi) is 6.31. The largest absolute Gasteiger partial charge is 0.467 e. The summed E-state index contributed by atoms with van der Waals surface area (Å²) in [7, 11) is 1.33. The van der Waals surface area contributed by atoms with Gasteiger partial charge in [-0.25, -0.2) is 4.79 Å². The number of ether oxygens (including phenoxy) is 2. The molecule has 2 aliphatic rings. The molecule has 0 aromatic heterocycles. The summed E-state index contributed by atoms with van der Waals surface area (Å²) in [5.74, 6) is -0.937. The van der Waals surface area contributed by atoms with Gasteiger partial charge in [0.15, 0.2) is 0 Å². The summed E-state index contributed by atoms with van der Waals surface area (Å²) < 4.78 is 10.1. The van der Waals surface area contributed by atoms with Crippen molar-refractivity contribution in [2.45, 2.75) is 43.7 Å². The number of carbonyl (C=O) groups excluding carboxylic acids is 3. The van der Waals surface area contributed by atoms with Crippen molar-refractivity contribution in [1.82, 2.24) is 4.90 Å². The average Bonchev–Trinajstić information content (AvgIpc) is 2.73. The van der Waals surface area contributed by atoms with Crippen molar-refractivity contribution in [1.29, 1.82) is 0 Å². The summed E-state index contributed by atoms with van der Waals surface area (Å²) in [6.45, 7) is 1.40. The molecule has 8 nitrogen and oxygen atoms in total. The van der Waals surface area contributed by atoms with E-state index >= 15 is 0 Å². The number of anilines is 1. The van der Waals surface area contributed by atoms with Gasteiger partial charge in [-0.2, -0.15) is 0 Å². The molecule has 3 rings (SSSR count). The molecule has 8 heteroatoms. The van der Waals surface area contributed by atoms with Gasteiger partial charge in [-0.1, -0.05) is 6.07 Å². The molecule has 3 N–H and O–H groups in total. The van der Waals surface area contributed by atoms with Gasteiger partial charge in [0.05, 0.1) is 7.11 Å². The Balaban J connectivity index is 1.74. The van der Waals surface area contributed by atoms with Crippen molar-refractivity contribution in [3.63, 3.8) is 0 Å². The van der Waals surface area contributed by atoms with E-state index in [1.807, 2.05) is 0 Å². The van der Waals surface area contributed by atoms with E-state index in [2.05, 4.69) is 5.32 Å². The number of rotatable bonds is 4. The number of hydrogen-bond donors (Lipinski definition) is 2. The van der Waals surface area contributed by atoms with Gasteiger partial charge in [0.2, 0.25) is 5.91 Å². The number of nitrogens with two attached hydrogens (primary N) is 1. The smallest absolute Gasteiger partial charge is 0.328 e. The van der Waals surface area contributed by atoms with Crippen LogP contribution >= 0.6 is 0 Å². The molecular weight excluding hydrogens is 362 g/mol. The van der Waals surface area contributed by atoms with Gasteiger partial charge in [-0.05, 0) is 50.3 Å². The van der Waals surface area contributed by atoms with Crippen molar-refractivity contribution in [2.24, 2.45) is 5.73 Å². The highest BCUT2D eigenvalue weighted by Crippen LogP contribution is 2.23. The van der Waals surface area contributed by atoms with Gasteiger partial charge in [0.25, 0.3) is 5.91 Å². The number of carbonyl (C=O) groups is 3. The number of nitrogens with zero attached hydrogens (tertiary/aromatic N) is 1. The third-order valence-corrected chi connectivity index (χ3v) is 5.44. The van der Waals surface area contributed by atoms with Crippen molar-refractivity contribution < 1.29 is 23.9 Å². The molecule has 2 amide bonds. The van der Waals surface area contributed by atoms with E-state index in [1.165, 1.54) is 7.11 Å². The molecule has 1 unspecified atom stereocenters. The number of piperidine rings is 1. The highest BCUT2D eigenvalue weighted by molar-refractivity contribution is 6.01. The maximum absolute atomic E-state index is 13.0. The number of likely N-dealkylation sites (tertiary alicyclic amines) is 1. The van der Waals surface area contributed by atoms with Crippen LogP contribution in [-0.2, 0) is 19.1 Å². The first-order valence-electron chi connectivity index (χ1n) is 9.61. The molecular formula is C20H27N3O5. The van der Waals surface area contributed by atoms with Crippen molar-refractivity contribution >= 4 is 23.5 Å². The van der Waals surface area contributed by atoms with Crippen LogP contribution < -0.4 is 11.1 Å². The lowest BCUT2D eigenvalue weighted by Crippen LogP contribution is -2.54. The van der Waals surface area contributed by atoms with Gasteiger partial charge < -0.3 is 25.4 Å². The normalized spacial score (nSPS) is 21.6. The van der Waals surface area contributed by atoms with E-state index in [9.17, 15) is 14.4 Å². The number of esters is 1. The van der Waals surface area contributed by atoms with Gasteiger partial charge >= 0.3 is 5.97 Å². The first-order valence-corrected chi connectivity index (χ1v) is 9.61. The van der Waals surface area contributed by atoms with Gasteiger partial charge in [-0.3, -0.25) is 9.59 Å². The number of nitrogens with one attached hydrogen (secondary N) is 1. The minimum absolute atomic E-state index is 0.250. The van der Waals surface area contributed by atoms with Crippen LogP contribution in [0.5, 0.6) is 0 Å². The zero-order valence-electron chi connectivity index (χ0n) is 16.1. The average molecular weight is 389 g/mol. The fourth-order valence-corrected chi connectivity index (χ4v) is 3.67. The molecule has 1 atom stereocenters. The molecule has 2 aliphatic heterocycles. The number of amides is 2.